The molecule has 6 nitrogen and oxygen atoms in total. The predicted octanol–water partition coefficient (Wildman–Crippen LogP) is 0.670. The Labute approximate surface area is 114 Å². The molecule has 2 rings (SSSR count). The van der Waals surface area contributed by atoms with E-state index in [0.29, 0.717) is 5.65 Å². The Kier molecular flexibility index (Phi) is 3.67. The van der Waals surface area contributed by atoms with Gasteiger partial charge >= 0.3 is 0 Å². The van der Waals surface area contributed by atoms with Gasteiger partial charge in [-0.2, -0.15) is 5.10 Å². The van der Waals surface area contributed by atoms with Gasteiger partial charge in [0.2, 0.25) is 0 Å². The van der Waals surface area contributed by atoms with E-state index in [1.54, 1.807) is 6.92 Å². The molecule has 0 fully saturated rings. The Morgan fingerprint density at radius 2 is 2.20 bits per heavy atom. The number of rotatable bonds is 4. The smallest absolute Gasteiger partial charge is 0.277 e. The SMILES string of the molecule is Cc1cc(C)n2ncc(C(=O)NCC(F)(F)CN)c2n1. The third-order valence-electron chi connectivity index (χ3n) is 2.83. The van der Waals surface area contributed by atoms with Gasteiger partial charge in [-0.1, -0.05) is 0 Å². The van der Waals surface area contributed by atoms with E-state index in [2.05, 4.69) is 15.4 Å². The number of aromatic nitrogens is 3. The molecule has 2 aromatic heterocycles. The van der Waals surface area contributed by atoms with E-state index in [4.69, 9.17) is 5.73 Å². The highest BCUT2D eigenvalue weighted by molar-refractivity contribution is 5.99. The number of alkyl halides is 2. The molecule has 0 unspecified atom stereocenters. The van der Waals surface area contributed by atoms with E-state index in [-0.39, 0.29) is 5.56 Å². The summed E-state index contributed by atoms with van der Waals surface area (Å²) in [7, 11) is 0. The van der Waals surface area contributed by atoms with Gasteiger partial charge in [-0.25, -0.2) is 18.3 Å². The monoisotopic (exact) mass is 283 g/mol. The van der Waals surface area contributed by atoms with Crippen molar-refractivity contribution in [1.82, 2.24) is 19.9 Å². The maximum atomic E-state index is 13.0. The number of hydrogen-bond donors (Lipinski definition) is 2. The van der Waals surface area contributed by atoms with Crippen LogP contribution in [-0.2, 0) is 0 Å². The lowest BCUT2D eigenvalue weighted by molar-refractivity contribution is 0.0119. The van der Waals surface area contributed by atoms with Crippen LogP contribution in [0.15, 0.2) is 12.3 Å². The Bertz CT molecular complexity index is 653. The van der Waals surface area contributed by atoms with E-state index in [1.807, 2.05) is 13.0 Å². The van der Waals surface area contributed by atoms with Crippen LogP contribution in [0.3, 0.4) is 0 Å². The molecule has 0 atom stereocenters. The molecule has 8 heteroatoms. The summed E-state index contributed by atoms with van der Waals surface area (Å²) >= 11 is 0. The minimum atomic E-state index is -3.13. The minimum absolute atomic E-state index is 0.157. The van der Waals surface area contributed by atoms with Crippen LogP contribution in [0.5, 0.6) is 0 Å². The van der Waals surface area contributed by atoms with Crippen molar-refractivity contribution in [1.29, 1.82) is 0 Å². The molecule has 3 N–H and O–H groups in total. The summed E-state index contributed by atoms with van der Waals surface area (Å²) in [6.07, 6.45) is 1.31. The Balaban J connectivity index is 2.27. The van der Waals surface area contributed by atoms with Crippen molar-refractivity contribution < 1.29 is 13.6 Å². The summed E-state index contributed by atoms with van der Waals surface area (Å²) < 4.78 is 27.5. The lowest BCUT2D eigenvalue weighted by Crippen LogP contribution is -2.41. The number of nitrogens with one attached hydrogen (secondary N) is 1. The highest BCUT2D eigenvalue weighted by atomic mass is 19.3. The van der Waals surface area contributed by atoms with E-state index in [0.717, 1.165) is 11.4 Å². The van der Waals surface area contributed by atoms with E-state index in [1.165, 1.54) is 10.7 Å². The third kappa shape index (κ3) is 2.74. The molecule has 0 aliphatic carbocycles. The van der Waals surface area contributed by atoms with Gasteiger partial charge in [0.05, 0.1) is 19.3 Å². The second kappa shape index (κ2) is 5.12. The van der Waals surface area contributed by atoms with Crippen molar-refractivity contribution in [3.05, 3.63) is 29.2 Å². The van der Waals surface area contributed by atoms with E-state index in [9.17, 15) is 13.6 Å². The van der Waals surface area contributed by atoms with Crippen LogP contribution in [0.4, 0.5) is 8.78 Å². The van der Waals surface area contributed by atoms with Gasteiger partial charge in [0, 0.05) is 11.4 Å². The molecule has 0 spiro atoms. The van der Waals surface area contributed by atoms with Gasteiger partial charge in [-0.3, -0.25) is 4.79 Å². The van der Waals surface area contributed by atoms with Crippen molar-refractivity contribution in [3.63, 3.8) is 0 Å². The Morgan fingerprint density at radius 1 is 1.50 bits per heavy atom. The topological polar surface area (TPSA) is 85.3 Å². The van der Waals surface area contributed by atoms with Gasteiger partial charge in [0.25, 0.3) is 11.8 Å². The maximum Gasteiger partial charge on any atom is 0.277 e. The molecule has 20 heavy (non-hydrogen) atoms. The summed E-state index contributed by atoms with van der Waals surface area (Å²) in [5, 5.41) is 6.17. The largest absolute Gasteiger partial charge is 0.346 e. The van der Waals surface area contributed by atoms with Gasteiger partial charge in [0.15, 0.2) is 5.65 Å². The van der Waals surface area contributed by atoms with Crippen molar-refractivity contribution in [2.45, 2.75) is 19.8 Å². The first-order valence-electron chi connectivity index (χ1n) is 6.02. The second-order valence-corrected chi connectivity index (χ2v) is 4.58. The first kappa shape index (κ1) is 14.3. The summed E-state index contributed by atoms with van der Waals surface area (Å²) in [6.45, 7) is 1.96. The lowest BCUT2D eigenvalue weighted by atomic mass is 10.2. The molecular weight excluding hydrogens is 268 g/mol. The Morgan fingerprint density at radius 3 is 2.85 bits per heavy atom. The first-order chi connectivity index (χ1) is 9.34. The highest BCUT2D eigenvalue weighted by Gasteiger charge is 2.28. The second-order valence-electron chi connectivity index (χ2n) is 4.58. The number of halogens is 2. The van der Waals surface area contributed by atoms with E-state index < -0.39 is 24.9 Å². The third-order valence-corrected chi connectivity index (χ3v) is 2.83. The molecule has 1 amide bonds. The van der Waals surface area contributed by atoms with Gasteiger partial charge in [-0.15, -0.1) is 0 Å². The van der Waals surface area contributed by atoms with Crippen LogP contribution in [0.2, 0.25) is 0 Å². The number of carbonyl (C=O) groups is 1. The fourth-order valence-corrected chi connectivity index (χ4v) is 1.81. The molecule has 0 radical (unpaired) electrons. The summed E-state index contributed by atoms with van der Waals surface area (Å²) in [5.41, 5.74) is 6.94. The molecule has 0 bridgehead atoms. The van der Waals surface area contributed by atoms with Crippen molar-refractivity contribution >= 4 is 11.6 Å². The standard InChI is InChI=1S/C12H15F2N5O/c1-7-3-8(2)19-10(18-7)9(4-17-19)11(20)16-6-12(13,14)5-15/h3-4H,5-6,15H2,1-2H3,(H,16,20). The van der Waals surface area contributed by atoms with Gasteiger partial charge < -0.3 is 11.1 Å². The maximum absolute atomic E-state index is 13.0. The molecule has 0 aliphatic rings. The predicted molar refractivity (Wildman–Crippen MR) is 68.8 cm³/mol. The molecule has 2 heterocycles. The normalized spacial score (nSPS) is 11.8. The van der Waals surface area contributed by atoms with E-state index >= 15 is 0 Å². The first-order valence-corrected chi connectivity index (χ1v) is 6.02. The molecule has 0 aromatic carbocycles. The lowest BCUT2D eigenvalue weighted by Gasteiger charge is -2.14. The zero-order chi connectivity index (χ0) is 14.9. The number of amides is 1. The fourth-order valence-electron chi connectivity index (χ4n) is 1.81. The summed E-state index contributed by atoms with van der Waals surface area (Å²) in [4.78, 5) is 16.1. The van der Waals surface area contributed by atoms with Crippen LogP contribution in [-0.4, -0.2) is 39.5 Å². The highest BCUT2D eigenvalue weighted by Crippen LogP contribution is 2.13. The average Bonchev–Trinajstić information content (AvgIpc) is 2.80. The fraction of sp³-hybridized carbons (Fsp3) is 0.417. The number of nitrogens with two attached hydrogens (primary N) is 1. The quantitative estimate of drug-likeness (QED) is 0.863. The zero-order valence-electron chi connectivity index (χ0n) is 11.2. The van der Waals surface area contributed by atoms with Crippen molar-refractivity contribution in [3.8, 4) is 0 Å². The molecule has 0 saturated carbocycles. The molecule has 0 saturated heterocycles. The minimum Gasteiger partial charge on any atom is -0.346 e. The number of carbonyl (C=O) groups excluding carboxylic acids is 1. The zero-order valence-corrected chi connectivity index (χ0v) is 11.2. The molecule has 108 valence electrons. The van der Waals surface area contributed by atoms with Crippen molar-refractivity contribution in [2.75, 3.05) is 13.1 Å². The van der Waals surface area contributed by atoms with Crippen molar-refractivity contribution in [2.24, 2.45) is 5.73 Å². The Hall–Kier alpha value is -2.09. The number of hydrogen-bond acceptors (Lipinski definition) is 4. The average molecular weight is 283 g/mol. The number of fused-ring (bicyclic) bond motifs is 1. The van der Waals surface area contributed by atoms with Crippen LogP contribution in [0.25, 0.3) is 5.65 Å². The van der Waals surface area contributed by atoms with Crippen LogP contribution < -0.4 is 11.1 Å². The van der Waals surface area contributed by atoms with Crippen LogP contribution >= 0.6 is 0 Å². The van der Waals surface area contributed by atoms with Crippen LogP contribution in [0.1, 0.15) is 21.7 Å². The summed E-state index contributed by atoms with van der Waals surface area (Å²) in [6, 6.07) is 1.81. The number of nitrogens with zero attached hydrogens (tertiary/aromatic N) is 3. The number of aryl methyl sites for hydroxylation is 2. The van der Waals surface area contributed by atoms with Crippen LogP contribution in [0, 0.1) is 13.8 Å². The molecule has 2 aromatic rings. The molecule has 0 aliphatic heterocycles. The molecular formula is C12H15F2N5O. The van der Waals surface area contributed by atoms with Gasteiger partial charge in [0.1, 0.15) is 5.56 Å². The summed E-state index contributed by atoms with van der Waals surface area (Å²) in [5.74, 6) is -3.77. The van der Waals surface area contributed by atoms with Gasteiger partial charge in [-0.05, 0) is 19.9 Å².